The number of hydrogen-bond donors (Lipinski definition) is 0. The van der Waals surface area contributed by atoms with Crippen molar-refractivity contribution in [3.8, 4) is 22.4 Å². The summed E-state index contributed by atoms with van der Waals surface area (Å²) >= 11 is 0. The predicted octanol–water partition coefficient (Wildman–Crippen LogP) is 8.08. The van der Waals surface area contributed by atoms with Gasteiger partial charge in [-0.1, -0.05) is 92.0 Å². The monoisotopic (exact) mass is 508 g/mol. The highest BCUT2D eigenvalue weighted by molar-refractivity contribution is 7.04. The summed E-state index contributed by atoms with van der Waals surface area (Å²) in [5.74, 6) is 0.933. The molecule has 0 spiro atoms. The standard InChI is InChI=1S/C34H28N2OSi/c1-23-16-21-28(35-22-23)27-12-9-14-30-32(27)33-34(37-30)36(29-13-7-8-15-31(29)38(33,2)3)26-19-17-25(18-20-26)24-10-5-4-6-11-24/h4-22H,1-3H3. The van der Waals surface area contributed by atoms with Crippen LogP contribution in [-0.2, 0) is 0 Å². The number of furan rings is 1. The number of nitrogens with zero attached hydrogens (tertiary/aromatic N) is 2. The lowest BCUT2D eigenvalue weighted by atomic mass is 10.0. The number of pyridine rings is 1. The van der Waals surface area contributed by atoms with Crippen LogP contribution >= 0.6 is 0 Å². The second-order valence-corrected chi connectivity index (χ2v) is 14.9. The van der Waals surface area contributed by atoms with E-state index >= 15 is 0 Å². The van der Waals surface area contributed by atoms with Crippen molar-refractivity contribution < 1.29 is 4.42 Å². The molecule has 1 aliphatic rings. The predicted molar refractivity (Wildman–Crippen MR) is 161 cm³/mol. The maximum atomic E-state index is 6.78. The Hall–Kier alpha value is -4.41. The van der Waals surface area contributed by atoms with Crippen molar-refractivity contribution in [3.05, 3.63) is 121 Å². The quantitative estimate of drug-likeness (QED) is 0.226. The molecular weight excluding hydrogens is 480 g/mol. The smallest absolute Gasteiger partial charge is 0.205 e. The largest absolute Gasteiger partial charge is 0.440 e. The van der Waals surface area contributed by atoms with Gasteiger partial charge in [-0.25, -0.2) is 0 Å². The van der Waals surface area contributed by atoms with Crippen LogP contribution in [0.25, 0.3) is 33.4 Å². The molecule has 0 amide bonds. The number of benzene rings is 4. The van der Waals surface area contributed by atoms with Gasteiger partial charge in [0.25, 0.3) is 0 Å². The molecule has 0 saturated carbocycles. The first-order valence-corrected chi connectivity index (χ1v) is 16.1. The van der Waals surface area contributed by atoms with E-state index in [1.54, 1.807) is 0 Å². The van der Waals surface area contributed by atoms with Crippen molar-refractivity contribution in [3.63, 3.8) is 0 Å². The van der Waals surface area contributed by atoms with Crippen LogP contribution in [-0.4, -0.2) is 13.1 Å². The highest BCUT2D eigenvalue weighted by Crippen LogP contribution is 2.43. The highest BCUT2D eigenvalue weighted by atomic mass is 28.3. The number of rotatable bonds is 3. The van der Waals surface area contributed by atoms with Crippen molar-refractivity contribution in [2.75, 3.05) is 4.90 Å². The SMILES string of the molecule is Cc1ccc(-c2cccc3oc4c(c23)[Si](C)(C)c2ccccc2N4c2ccc(-c3ccccc3)cc2)nc1. The highest BCUT2D eigenvalue weighted by Gasteiger charge is 2.43. The topological polar surface area (TPSA) is 29.3 Å². The van der Waals surface area contributed by atoms with E-state index in [2.05, 4.69) is 134 Å². The molecule has 0 radical (unpaired) electrons. The minimum absolute atomic E-state index is 0.911. The van der Waals surface area contributed by atoms with Crippen molar-refractivity contribution in [1.82, 2.24) is 4.98 Å². The first-order valence-electron chi connectivity index (χ1n) is 13.1. The number of aromatic nitrogens is 1. The van der Waals surface area contributed by atoms with Gasteiger partial charge in [0.2, 0.25) is 5.88 Å². The maximum absolute atomic E-state index is 6.78. The first-order chi connectivity index (χ1) is 18.5. The van der Waals surface area contributed by atoms with E-state index in [-0.39, 0.29) is 0 Å². The molecule has 184 valence electrons. The Kier molecular flexibility index (Phi) is 5.13. The normalized spacial score (nSPS) is 13.8. The van der Waals surface area contributed by atoms with Gasteiger partial charge in [0.05, 0.1) is 5.69 Å². The summed E-state index contributed by atoms with van der Waals surface area (Å²) in [6.45, 7) is 6.95. The third kappa shape index (κ3) is 3.45. The summed E-state index contributed by atoms with van der Waals surface area (Å²) in [6, 6.07) is 38.8. The van der Waals surface area contributed by atoms with E-state index in [0.29, 0.717) is 0 Å². The Balaban J connectivity index is 1.47. The minimum Gasteiger partial charge on any atom is -0.440 e. The molecule has 1 aliphatic heterocycles. The van der Waals surface area contributed by atoms with E-state index in [9.17, 15) is 0 Å². The van der Waals surface area contributed by atoms with Crippen LogP contribution in [0.3, 0.4) is 0 Å². The molecule has 7 rings (SSSR count). The van der Waals surface area contributed by atoms with Crippen LogP contribution in [0.15, 0.2) is 120 Å². The number of fused-ring (bicyclic) bond motifs is 4. The van der Waals surface area contributed by atoms with Crippen LogP contribution in [0.4, 0.5) is 17.3 Å². The molecule has 4 aromatic carbocycles. The molecule has 0 aliphatic carbocycles. The molecule has 3 heterocycles. The lowest BCUT2D eigenvalue weighted by Gasteiger charge is -2.38. The van der Waals surface area contributed by atoms with Gasteiger partial charge in [0, 0.05) is 33.7 Å². The van der Waals surface area contributed by atoms with Crippen LogP contribution < -0.4 is 15.3 Å². The fourth-order valence-electron chi connectivity index (χ4n) is 5.85. The molecule has 4 heteroatoms. The Labute approximate surface area is 224 Å². The summed E-state index contributed by atoms with van der Waals surface area (Å²) < 4.78 is 6.78. The molecule has 2 aromatic heterocycles. The zero-order valence-corrected chi connectivity index (χ0v) is 22.8. The molecule has 3 nitrogen and oxygen atoms in total. The van der Waals surface area contributed by atoms with Gasteiger partial charge in [-0.2, -0.15) is 0 Å². The Morgan fingerprint density at radius 2 is 1.45 bits per heavy atom. The Bertz CT molecular complexity index is 1790. The van der Waals surface area contributed by atoms with Gasteiger partial charge in [-0.05, 0) is 59.1 Å². The third-order valence-electron chi connectivity index (χ3n) is 7.76. The van der Waals surface area contributed by atoms with Crippen LogP contribution in [0, 0.1) is 6.92 Å². The van der Waals surface area contributed by atoms with E-state index < -0.39 is 8.07 Å². The number of aryl methyl sites for hydroxylation is 1. The number of para-hydroxylation sites is 1. The van der Waals surface area contributed by atoms with Gasteiger partial charge in [-0.15, -0.1) is 0 Å². The minimum atomic E-state index is -2.12. The zero-order valence-electron chi connectivity index (χ0n) is 21.8. The maximum Gasteiger partial charge on any atom is 0.205 e. The van der Waals surface area contributed by atoms with E-state index in [1.807, 2.05) is 6.20 Å². The van der Waals surface area contributed by atoms with E-state index in [4.69, 9.17) is 9.40 Å². The lowest BCUT2D eigenvalue weighted by Crippen LogP contribution is -2.58. The molecule has 0 fully saturated rings. The fraction of sp³-hybridized carbons (Fsp3) is 0.0882. The molecule has 0 N–H and O–H groups in total. The fourth-order valence-corrected chi connectivity index (χ4v) is 9.04. The molecular formula is C34H28N2OSi. The van der Waals surface area contributed by atoms with Crippen LogP contribution in [0.1, 0.15) is 5.56 Å². The van der Waals surface area contributed by atoms with Gasteiger partial charge in [-0.3, -0.25) is 9.88 Å². The zero-order chi connectivity index (χ0) is 25.9. The molecule has 38 heavy (non-hydrogen) atoms. The van der Waals surface area contributed by atoms with Crippen molar-refractivity contribution >= 4 is 46.7 Å². The van der Waals surface area contributed by atoms with Crippen molar-refractivity contribution in [2.24, 2.45) is 0 Å². The second kappa shape index (κ2) is 8.57. The third-order valence-corrected chi connectivity index (χ3v) is 11.2. The van der Waals surface area contributed by atoms with Crippen molar-refractivity contribution in [1.29, 1.82) is 0 Å². The molecule has 0 unspecified atom stereocenters. The second-order valence-electron chi connectivity index (χ2n) is 10.6. The molecule has 0 bridgehead atoms. The number of anilines is 3. The average Bonchev–Trinajstić information content (AvgIpc) is 3.35. The van der Waals surface area contributed by atoms with E-state index in [1.165, 1.54) is 32.6 Å². The Morgan fingerprint density at radius 3 is 2.21 bits per heavy atom. The summed E-state index contributed by atoms with van der Waals surface area (Å²) in [6.07, 6.45) is 1.94. The first kappa shape index (κ1) is 22.8. The van der Waals surface area contributed by atoms with Gasteiger partial charge >= 0.3 is 0 Å². The van der Waals surface area contributed by atoms with Gasteiger partial charge in [0.1, 0.15) is 13.7 Å². The Morgan fingerprint density at radius 1 is 0.711 bits per heavy atom. The summed E-state index contributed by atoms with van der Waals surface area (Å²) in [5, 5.41) is 3.93. The number of hydrogen-bond acceptors (Lipinski definition) is 3. The van der Waals surface area contributed by atoms with Gasteiger partial charge in [0.15, 0.2) is 0 Å². The summed E-state index contributed by atoms with van der Waals surface area (Å²) in [4.78, 5) is 7.10. The van der Waals surface area contributed by atoms with Crippen LogP contribution in [0.5, 0.6) is 0 Å². The van der Waals surface area contributed by atoms with Crippen molar-refractivity contribution in [2.45, 2.75) is 20.0 Å². The molecule has 0 atom stereocenters. The van der Waals surface area contributed by atoms with Gasteiger partial charge < -0.3 is 4.42 Å². The molecule has 6 aromatic rings. The van der Waals surface area contributed by atoms with Crippen LogP contribution in [0.2, 0.25) is 13.1 Å². The molecule has 0 saturated heterocycles. The summed E-state index contributed by atoms with van der Waals surface area (Å²) in [5.41, 5.74) is 8.89. The summed E-state index contributed by atoms with van der Waals surface area (Å²) in [7, 11) is -2.12. The van der Waals surface area contributed by atoms with E-state index in [0.717, 1.165) is 34.0 Å². The average molecular weight is 509 g/mol. The lowest BCUT2D eigenvalue weighted by molar-refractivity contribution is 0.622.